The van der Waals surface area contributed by atoms with Crippen LogP contribution in [0.2, 0.25) is 0 Å². The summed E-state index contributed by atoms with van der Waals surface area (Å²) >= 11 is 0. The molecule has 65 valence electrons. The molecule has 0 aliphatic rings. The second kappa shape index (κ2) is 3.70. The molecule has 0 amide bonds. The molecule has 0 fully saturated rings. The number of aryl methyl sites for hydroxylation is 1. The second-order valence-electron chi connectivity index (χ2n) is 2.65. The summed E-state index contributed by atoms with van der Waals surface area (Å²) in [6.45, 7) is 2.01. The summed E-state index contributed by atoms with van der Waals surface area (Å²) in [6.07, 6.45) is 0. The first-order chi connectivity index (χ1) is 5.36. The van der Waals surface area contributed by atoms with E-state index >= 15 is 0 Å². The molecule has 0 bridgehead atoms. The van der Waals surface area contributed by atoms with Crippen molar-refractivity contribution in [1.29, 1.82) is 0 Å². The molecule has 0 aliphatic carbocycles. The van der Waals surface area contributed by atoms with Gasteiger partial charge < -0.3 is 0 Å². The topological polar surface area (TPSA) is 12.9 Å². The molecule has 1 heterocycles. The minimum absolute atomic E-state index is 0. The van der Waals surface area contributed by atoms with Crippen LogP contribution in [0.15, 0.2) is 36.4 Å². The van der Waals surface area contributed by atoms with Gasteiger partial charge in [0.15, 0.2) is 0 Å². The monoisotopic (exact) mass is 206 g/mol. The Hall–Kier alpha value is -0.851. The summed E-state index contributed by atoms with van der Waals surface area (Å²) in [6, 6.07) is 12.3. The second-order valence-corrected chi connectivity index (χ2v) is 2.65. The Morgan fingerprint density at radius 2 is 1.75 bits per heavy atom. The number of pyridine rings is 1. The van der Waals surface area contributed by atoms with Gasteiger partial charge in [-0.3, -0.25) is 4.98 Å². The van der Waals surface area contributed by atoms with Crippen molar-refractivity contribution in [2.45, 2.75) is 6.92 Å². The average Bonchev–Trinajstić information content (AvgIpc) is 2.04. The van der Waals surface area contributed by atoms with Gasteiger partial charge in [-0.15, -0.1) is 0 Å². The predicted molar refractivity (Wildman–Crippen MR) is 46.5 cm³/mol. The first-order valence-electron chi connectivity index (χ1n) is 3.69. The van der Waals surface area contributed by atoms with Crippen LogP contribution in [-0.4, -0.2) is 4.98 Å². The molecular formula is C10H9CuN. The van der Waals surface area contributed by atoms with Crippen LogP contribution in [-0.2, 0) is 17.1 Å². The van der Waals surface area contributed by atoms with E-state index in [9.17, 15) is 0 Å². The van der Waals surface area contributed by atoms with Crippen molar-refractivity contribution in [2.24, 2.45) is 0 Å². The number of benzene rings is 1. The molecule has 1 radical (unpaired) electrons. The van der Waals surface area contributed by atoms with E-state index in [0.717, 1.165) is 11.2 Å². The third-order valence-electron chi connectivity index (χ3n) is 1.74. The quantitative estimate of drug-likeness (QED) is 0.604. The number of hydrogen-bond donors (Lipinski definition) is 0. The fraction of sp³-hybridized carbons (Fsp3) is 0.100. The predicted octanol–water partition coefficient (Wildman–Crippen LogP) is 2.54. The molecule has 0 saturated heterocycles. The Balaban J connectivity index is 0.000000720. The van der Waals surface area contributed by atoms with E-state index in [1.54, 1.807) is 0 Å². The number of fused-ring (bicyclic) bond motifs is 1. The summed E-state index contributed by atoms with van der Waals surface area (Å²) in [5.74, 6) is 0. The van der Waals surface area contributed by atoms with Gasteiger partial charge in [0.2, 0.25) is 0 Å². The Morgan fingerprint density at radius 3 is 2.58 bits per heavy atom. The third kappa shape index (κ3) is 1.66. The molecule has 2 heteroatoms. The van der Waals surface area contributed by atoms with Crippen molar-refractivity contribution >= 4 is 10.9 Å². The number of nitrogens with zero attached hydrogens (tertiary/aromatic N) is 1. The van der Waals surface area contributed by atoms with Crippen molar-refractivity contribution in [2.75, 3.05) is 0 Å². The zero-order chi connectivity index (χ0) is 7.68. The molecule has 1 nitrogen and oxygen atoms in total. The molecule has 0 N–H and O–H groups in total. The van der Waals surface area contributed by atoms with Gasteiger partial charge >= 0.3 is 0 Å². The van der Waals surface area contributed by atoms with E-state index in [0.29, 0.717) is 0 Å². The summed E-state index contributed by atoms with van der Waals surface area (Å²) in [5.41, 5.74) is 2.15. The van der Waals surface area contributed by atoms with Gasteiger partial charge in [-0.25, -0.2) is 0 Å². The van der Waals surface area contributed by atoms with Gasteiger partial charge in [0.25, 0.3) is 0 Å². The summed E-state index contributed by atoms with van der Waals surface area (Å²) in [7, 11) is 0. The Kier molecular flexibility index (Phi) is 2.85. The Morgan fingerprint density at radius 1 is 1.00 bits per heavy atom. The van der Waals surface area contributed by atoms with Crippen LogP contribution in [0, 0.1) is 6.92 Å². The molecule has 1 aromatic heterocycles. The van der Waals surface area contributed by atoms with Crippen LogP contribution in [0.5, 0.6) is 0 Å². The maximum absolute atomic E-state index is 4.38. The van der Waals surface area contributed by atoms with Crippen molar-refractivity contribution in [1.82, 2.24) is 4.98 Å². The van der Waals surface area contributed by atoms with Crippen molar-refractivity contribution in [3.8, 4) is 0 Å². The van der Waals surface area contributed by atoms with Crippen LogP contribution in [0.1, 0.15) is 5.69 Å². The standard InChI is InChI=1S/C10H9N.Cu/c1-8-6-7-9-4-2-3-5-10(9)11-8;/h2-7H,1H3;. The number of hydrogen-bond acceptors (Lipinski definition) is 1. The van der Waals surface area contributed by atoms with Crippen molar-refractivity contribution < 1.29 is 17.1 Å². The molecule has 2 rings (SSSR count). The molecule has 0 atom stereocenters. The number of para-hydroxylation sites is 1. The first kappa shape index (κ1) is 9.24. The van der Waals surface area contributed by atoms with Gasteiger partial charge in [0.05, 0.1) is 5.52 Å². The maximum atomic E-state index is 4.38. The summed E-state index contributed by atoms with van der Waals surface area (Å²) in [5, 5.41) is 1.21. The molecule has 0 saturated carbocycles. The van der Waals surface area contributed by atoms with Gasteiger partial charge in [-0.05, 0) is 19.1 Å². The maximum Gasteiger partial charge on any atom is 0.0705 e. The van der Waals surface area contributed by atoms with Gasteiger partial charge in [0.1, 0.15) is 0 Å². The molecule has 0 spiro atoms. The number of rotatable bonds is 0. The van der Waals surface area contributed by atoms with E-state index in [2.05, 4.69) is 17.1 Å². The number of aromatic nitrogens is 1. The van der Waals surface area contributed by atoms with Crippen LogP contribution in [0.4, 0.5) is 0 Å². The molecule has 12 heavy (non-hydrogen) atoms. The zero-order valence-corrected chi connectivity index (χ0v) is 7.65. The van der Waals surface area contributed by atoms with Crippen LogP contribution in [0.3, 0.4) is 0 Å². The Bertz CT molecular complexity index is 384. The SMILES string of the molecule is Cc1ccc2ccccc2n1.[Cu]. The van der Waals surface area contributed by atoms with E-state index in [1.807, 2.05) is 31.2 Å². The molecule has 2 aromatic rings. The van der Waals surface area contributed by atoms with Crippen LogP contribution in [0.25, 0.3) is 10.9 Å². The fourth-order valence-electron chi connectivity index (χ4n) is 1.17. The van der Waals surface area contributed by atoms with E-state index < -0.39 is 0 Å². The Labute approximate surface area is 82.3 Å². The average molecular weight is 207 g/mol. The van der Waals surface area contributed by atoms with E-state index in [1.165, 1.54) is 5.39 Å². The minimum atomic E-state index is 0. The van der Waals surface area contributed by atoms with Crippen molar-refractivity contribution in [3.63, 3.8) is 0 Å². The zero-order valence-electron chi connectivity index (χ0n) is 6.71. The summed E-state index contributed by atoms with van der Waals surface area (Å²) < 4.78 is 0. The van der Waals surface area contributed by atoms with Crippen LogP contribution < -0.4 is 0 Å². The molecular weight excluding hydrogens is 198 g/mol. The van der Waals surface area contributed by atoms with Gasteiger partial charge in [0, 0.05) is 28.1 Å². The van der Waals surface area contributed by atoms with E-state index in [-0.39, 0.29) is 17.1 Å². The van der Waals surface area contributed by atoms with E-state index in [4.69, 9.17) is 0 Å². The normalized spacial score (nSPS) is 9.42. The van der Waals surface area contributed by atoms with Crippen LogP contribution >= 0.6 is 0 Å². The largest absolute Gasteiger partial charge is 0.253 e. The smallest absolute Gasteiger partial charge is 0.0705 e. The molecule has 0 unspecified atom stereocenters. The minimum Gasteiger partial charge on any atom is -0.253 e. The third-order valence-corrected chi connectivity index (χ3v) is 1.74. The molecule has 1 aromatic carbocycles. The first-order valence-corrected chi connectivity index (χ1v) is 3.69. The van der Waals surface area contributed by atoms with Gasteiger partial charge in [-0.1, -0.05) is 24.3 Å². The van der Waals surface area contributed by atoms with Gasteiger partial charge in [-0.2, -0.15) is 0 Å². The summed E-state index contributed by atoms with van der Waals surface area (Å²) in [4.78, 5) is 4.38. The fourth-order valence-corrected chi connectivity index (χ4v) is 1.17. The van der Waals surface area contributed by atoms with Crippen molar-refractivity contribution in [3.05, 3.63) is 42.1 Å². The molecule has 0 aliphatic heterocycles.